The van der Waals surface area contributed by atoms with E-state index in [1.54, 1.807) is 12.1 Å². The maximum atomic E-state index is 13.3. The second-order valence-corrected chi connectivity index (χ2v) is 6.78. The first kappa shape index (κ1) is 19.9. The second kappa shape index (κ2) is 8.01. The van der Waals surface area contributed by atoms with Crippen molar-refractivity contribution < 1.29 is 18.0 Å². The number of nitrogens with zero attached hydrogens (tertiary/aromatic N) is 2. The summed E-state index contributed by atoms with van der Waals surface area (Å²) in [6.45, 7) is 0. The van der Waals surface area contributed by atoms with E-state index < -0.39 is 17.6 Å². The Morgan fingerprint density at radius 2 is 1.75 bits per heavy atom. The molecule has 1 aliphatic carbocycles. The topological polar surface area (TPSA) is 119 Å². The van der Waals surface area contributed by atoms with Gasteiger partial charge in [0, 0.05) is 29.5 Å². The van der Waals surface area contributed by atoms with Gasteiger partial charge in [0.1, 0.15) is 11.4 Å². The molecule has 10 heteroatoms. The van der Waals surface area contributed by atoms with Crippen LogP contribution >= 0.6 is 0 Å². The molecule has 7 nitrogen and oxygen atoms in total. The van der Waals surface area contributed by atoms with Crippen molar-refractivity contribution in [2.24, 2.45) is 11.5 Å². The van der Waals surface area contributed by atoms with E-state index in [-0.39, 0.29) is 23.8 Å². The van der Waals surface area contributed by atoms with Crippen LogP contribution in [0.1, 0.15) is 41.6 Å². The first-order chi connectivity index (χ1) is 13.2. The number of halogens is 3. The Labute approximate surface area is 159 Å². The molecule has 6 N–H and O–H groups in total. The fraction of sp³-hybridized carbons (Fsp3) is 0.389. The predicted octanol–water partition coefficient (Wildman–Crippen LogP) is 3.02. The summed E-state index contributed by atoms with van der Waals surface area (Å²) < 4.78 is 40.0. The number of carbonyl (C=O) groups is 1. The summed E-state index contributed by atoms with van der Waals surface area (Å²) in [4.78, 5) is 18.9. The van der Waals surface area contributed by atoms with Crippen LogP contribution in [0.2, 0.25) is 0 Å². The summed E-state index contributed by atoms with van der Waals surface area (Å²) in [5, 5.41) is 5.73. The third-order valence-electron chi connectivity index (χ3n) is 4.63. The standard InChI is InChI=1S/C18H21F3N6O/c19-18(20,21)14-9-24-17(26-13-5-1-10(2-6-13)15(23)28)27-16(14)25-12-7-3-11(22)4-8-12/h1-2,5-6,9,11-12H,3-4,7-8,22H2,(H2,23,28)(H2,24,25,26,27)/t11-,12+. The molecule has 1 aromatic heterocycles. The highest BCUT2D eigenvalue weighted by Crippen LogP contribution is 2.35. The van der Waals surface area contributed by atoms with Crippen molar-refractivity contribution in [2.75, 3.05) is 10.6 Å². The van der Waals surface area contributed by atoms with Crippen molar-refractivity contribution in [3.8, 4) is 0 Å². The van der Waals surface area contributed by atoms with Crippen LogP contribution < -0.4 is 22.1 Å². The normalized spacial score (nSPS) is 19.9. The number of anilines is 3. The Morgan fingerprint density at radius 1 is 1.11 bits per heavy atom. The average Bonchev–Trinajstić information content (AvgIpc) is 2.63. The van der Waals surface area contributed by atoms with Crippen molar-refractivity contribution in [3.05, 3.63) is 41.6 Å². The molecule has 0 spiro atoms. The molecule has 2 aromatic rings. The predicted molar refractivity (Wildman–Crippen MR) is 99.1 cm³/mol. The minimum absolute atomic E-state index is 0.00911. The molecule has 1 aliphatic rings. The van der Waals surface area contributed by atoms with Crippen LogP contribution in [0.4, 0.5) is 30.6 Å². The molecule has 0 aliphatic heterocycles. The molecule has 0 unspecified atom stereocenters. The molecular weight excluding hydrogens is 373 g/mol. The van der Waals surface area contributed by atoms with E-state index in [1.165, 1.54) is 12.1 Å². The van der Waals surface area contributed by atoms with Gasteiger partial charge in [0.2, 0.25) is 11.9 Å². The van der Waals surface area contributed by atoms with Crippen LogP contribution in [-0.4, -0.2) is 28.0 Å². The molecule has 1 amide bonds. The van der Waals surface area contributed by atoms with Crippen LogP contribution in [0.5, 0.6) is 0 Å². The minimum atomic E-state index is -4.57. The molecular formula is C18H21F3N6O. The number of aromatic nitrogens is 2. The Balaban J connectivity index is 1.81. The number of nitrogens with two attached hydrogens (primary N) is 2. The number of benzene rings is 1. The van der Waals surface area contributed by atoms with Gasteiger partial charge in [-0.1, -0.05) is 0 Å². The maximum absolute atomic E-state index is 13.3. The van der Waals surface area contributed by atoms with Crippen LogP contribution in [-0.2, 0) is 6.18 Å². The smallest absolute Gasteiger partial charge is 0.367 e. The van der Waals surface area contributed by atoms with Gasteiger partial charge < -0.3 is 22.1 Å². The molecule has 0 radical (unpaired) electrons. The molecule has 3 rings (SSSR count). The van der Waals surface area contributed by atoms with Crippen molar-refractivity contribution in [3.63, 3.8) is 0 Å². The number of carbonyl (C=O) groups excluding carboxylic acids is 1. The Bertz CT molecular complexity index is 832. The van der Waals surface area contributed by atoms with Crippen LogP contribution in [0, 0.1) is 0 Å². The van der Waals surface area contributed by atoms with Crippen molar-refractivity contribution >= 4 is 23.4 Å². The third kappa shape index (κ3) is 4.89. The van der Waals surface area contributed by atoms with Gasteiger partial charge in [0.05, 0.1) is 0 Å². The summed E-state index contributed by atoms with van der Waals surface area (Å²) in [6, 6.07) is 6.09. The molecule has 1 fully saturated rings. The van der Waals surface area contributed by atoms with Crippen molar-refractivity contribution in [1.82, 2.24) is 9.97 Å². The number of hydrogen-bond donors (Lipinski definition) is 4. The number of alkyl halides is 3. The Morgan fingerprint density at radius 3 is 2.32 bits per heavy atom. The quantitative estimate of drug-likeness (QED) is 0.619. The van der Waals surface area contributed by atoms with E-state index in [9.17, 15) is 18.0 Å². The highest BCUT2D eigenvalue weighted by molar-refractivity contribution is 5.93. The SMILES string of the molecule is NC(=O)c1ccc(Nc2ncc(C(F)(F)F)c(N[C@H]3CC[C@@H](N)CC3)n2)cc1. The van der Waals surface area contributed by atoms with E-state index in [0.717, 1.165) is 19.0 Å². The first-order valence-electron chi connectivity index (χ1n) is 8.85. The molecule has 28 heavy (non-hydrogen) atoms. The van der Waals surface area contributed by atoms with Gasteiger partial charge in [-0.25, -0.2) is 4.98 Å². The third-order valence-corrected chi connectivity index (χ3v) is 4.63. The van der Waals surface area contributed by atoms with Gasteiger partial charge in [-0.3, -0.25) is 4.79 Å². The van der Waals surface area contributed by atoms with Gasteiger partial charge in [-0.15, -0.1) is 0 Å². The molecule has 0 atom stereocenters. The number of primary amides is 1. The fourth-order valence-corrected chi connectivity index (χ4v) is 3.06. The summed E-state index contributed by atoms with van der Waals surface area (Å²) >= 11 is 0. The molecule has 1 heterocycles. The molecule has 1 saturated carbocycles. The fourth-order valence-electron chi connectivity index (χ4n) is 3.06. The van der Waals surface area contributed by atoms with E-state index in [1.807, 2.05) is 0 Å². The minimum Gasteiger partial charge on any atom is -0.367 e. The highest BCUT2D eigenvalue weighted by Gasteiger charge is 2.36. The van der Waals surface area contributed by atoms with E-state index in [4.69, 9.17) is 11.5 Å². The first-order valence-corrected chi connectivity index (χ1v) is 8.85. The number of rotatable bonds is 5. The lowest BCUT2D eigenvalue weighted by atomic mass is 9.92. The number of hydrogen-bond acceptors (Lipinski definition) is 6. The molecule has 1 aromatic carbocycles. The number of amides is 1. The monoisotopic (exact) mass is 394 g/mol. The lowest BCUT2D eigenvalue weighted by Crippen LogP contribution is -2.33. The van der Waals surface area contributed by atoms with E-state index in [0.29, 0.717) is 24.1 Å². The van der Waals surface area contributed by atoms with E-state index >= 15 is 0 Å². The number of nitrogens with one attached hydrogen (secondary N) is 2. The van der Waals surface area contributed by atoms with Gasteiger partial charge in [-0.05, 0) is 49.9 Å². The van der Waals surface area contributed by atoms with Gasteiger partial charge in [0.15, 0.2) is 0 Å². The second-order valence-electron chi connectivity index (χ2n) is 6.78. The summed E-state index contributed by atoms with van der Waals surface area (Å²) in [5.74, 6) is -0.829. The zero-order valence-corrected chi connectivity index (χ0v) is 15.0. The average molecular weight is 394 g/mol. The van der Waals surface area contributed by atoms with Gasteiger partial charge in [0.25, 0.3) is 0 Å². The van der Waals surface area contributed by atoms with Gasteiger partial charge >= 0.3 is 6.18 Å². The van der Waals surface area contributed by atoms with Crippen molar-refractivity contribution in [2.45, 2.75) is 43.9 Å². The lowest BCUT2D eigenvalue weighted by Gasteiger charge is -2.28. The zero-order chi connectivity index (χ0) is 20.3. The Kier molecular flexibility index (Phi) is 5.68. The largest absolute Gasteiger partial charge is 0.421 e. The zero-order valence-electron chi connectivity index (χ0n) is 15.0. The highest BCUT2D eigenvalue weighted by atomic mass is 19.4. The lowest BCUT2D eigenvalue weighted by molar-refractivity contribution is -0.137. The van der Waals surface area contributed by atoms with Crippen molar-refractivity contribution in [1.29, 1.82) is 0 Å². The summed E-state index contributed by atoms with van der Waals surface area (Å²) in [7, 11) is 0. The molecule has 150 valence electrons. The summed E-state index contributed by atoms with van der Waals surface area (Å²) in [6.07, 6.45) is -0.957. The van der Waals surface area contributed by atoms with Crippen LogP contribution in [0.25, 0.3) is 0 Å². The molecule has 0 bridgehead atoms. The summed E-state index contributed by atoms with van der Waals surface area (Å²) in [5.41, 5.74) is 11.0. The van der Waals surface area contributed by atoms with E-state index in [2.05, 4.69) is 20.6 Å². The van der Waals surface area contributed by atoms with Crippen LogP contribution in [0.3, 0.4) is 0 Å². The Hall–Kier alpha value is -2.88. The molecule has 0 saturated heterocycles. The van der Waals surface area contributed by atoms with Crippen LogP contribution in [0.15, 0.2) is 30.5 Å². The van der Waals surface area contributed by atoms with Gasteiger partial charge in [-0.2, -0.15) is 18.2 Å². The maximum Gasteiger partial charge on any atom is 0.421 e.